The lowest BCUT2D eigenvalue weighted by Crippen LogP contribution is -2.24. The SMILES string of the molecule is CC.CC1CC(C(N)=O)=NN1c1ccc(Cl)cc1Cl. The van der Waals surface area contributed by atoms with Crippen molar-refractivity contribution in [2.24, 2.45) is 10.8 Å². The number of nitrogens with zero attached hydrogens (tertiary/aromatic N) is 2. The van der Waals surface area contributed by atoms with E-state index >= 15 is 0 Å². The minimum Gasteiger partial charge on any atom is -0.364 e. The highest BCUT2D eigenvalue weighted by Gasteiger charge is 2.27. The molecule has 1 aromatic carbocycles. The number of carbonyl (C=O) groups excluding carboxylic acids is 1. The second kappa shape index (κ2) is 6.78. The molecule has 1 atom stereocenters. The molecule has 1 aliphatic heterocycles. The maximum Gasteiger partial charge on any atom is 0.264 e. The summed E-state index contributed by atoms with van der Waals surface area (Å²) in [6, 6.07) is 5.20. The average molecular weight is 302 g/mol. The van der Waals surface area contributed by atoms with Crippen LogP contribution in [-0.2, 0) is 4.79 Å². The van der Waals surface area contributed by atoms with Gasteiger partial charge in [-0.05, 0) is 25.1 Å². The van der Waals surface area contributed by atoms with Gasteiger partial charge >= 0.3 is 0 Å². The van der Waals surface area contributed by atoms with E-state index in [0.717, 1.165) is 5.69 Å². The second-order valence-corrected chi connectivity index (χ2v) is 4.75. The molecule has 0 bridgehead atoms. The first-order valence-electron chi connectivity index (χ1n) is 6.10. The molecule has 1 heterocycles. The third-order valence-corrected chi connectivity index (χ3v) is 3.11. The Morgan fingerprint density at radius 3 is 2.53 bits per heavy atom. The van der Waals surface area contributed by atoms with Gasteiger partial charge in [-0.2, -0.15) is 5.10 Å². The van der Waals surface area contributed by atoms with Crippen LogP contribution in [0.25, 0.3) is 0 Å². The molecule has 0 aromatic heterocycles. The van der Waals surface area contributed by atoms with Crippen molar-refractivity contribution in [2.75, 3.05) is 5.01 Å². The van der Waals surface area contributed by atoms with Crippen molar-refractivity contribution in [1.29, 1.82) is 0 Å². The Bertz CT molecular complexity index is 503. The Labute approximate surface area is 123 Å². The van der Waals surface area contributed by atoms with Gasteiger partial charge in [0.05, 0.1) is 16.8 Å². The van der Waals surface area contributed by atoms with Crippen LogP contribution in [0.15, 0.2) is 23.3 Å². The molecular weight excluding hydrogens is 285 g/mol. The van der Waals surface area contributed by atoms with Gasteiger partial charge < -0.3 is 5.73 Å². The molecule has 19 heavy (non-hydrogen) atoms. The molecule has 104 valence electrons. The van der Waals surface area contributed by atoms with Crippen LogP contribution >= 0.6 is 23.2 Å². The minimum absolute atomic E-state index is 0.0520. The summed E-state index contributed by atoms with van der Waals surface area (Å²) in [6.07, 6.45) is 0.522. The summed E-state index contributed by atoms with van der Waals surface area (Å²) in [4.78, 5) is 11.1. The molecule has 0 saturated carbocycles. The molecular formula is C13H17Cl2N3O. The molecule has 1 aromatic rings. The van der Waals surface area contributed by atoms with E-state index in [2.05, 4.69) is 5.10 Å². The van der Waals surface area contributed by atoms with Crippen LogP contribution < -0.4 is 10.7 Å². The molecule has 0 radical (unpaired) electrons. The van der Waals surface area contributed by atoms with Gasteiger partial charge in [-0.3, -0.25) is 9.80 Å². The fraction of sp³-hybridized carbons (Fsp3) is 0.385. The summed E-state index contributed by atoms with van der Waals surface area (Å²) in [5, 5.41) is 6.93. The number of rotatable bonds is 2. The third kappa shape index (κ3) is 3.61. The number of hydrogen-bond donors (Lipinski definition) is 1. The topological polar surface area (TPSA) is 58.7 Å². The molecule has 2 rings (SSSR count). The predicted octanol–water partition coefficient (Wildman–Crippen LogP) is 3.46. The van der Waals surface area contributed by atoms with Crippen LogP contribution in [0, 0.1) is 0 Å². The number of halogens is 2. The van der Waals surface area contributed by atoms with E-state index in [0.29, 0.717) is 22.2 Å². The Morgan fingerprint density at radius 1 is 1.42 bits per heavy atom. The van der Waals surface area contributed by atoms with Crippen LogP contribution in [0.1, 0.15) is 27.2 Å². The van der Waals surface area contributed by atoms with Crippen molar-refractivity contribution in [1.82, 2.24) is 0 Å². The molecule has 1 amide bonds. The first-order valence-corrected chi connectivity index (χ1v) is 6.86. The Hall–Kier alpha value is -1.26. The maximum atomic E-state index is 11.1. The van der Waals surface area contributed by atoms with E-state index in [4.69, 9.17) is 28.9 Å². The highest BCUT2D eigenvalue weighted by atomic mass is 35.5. The van der Waals surface area contributed by atoms with E-state index in [1.165, 1.54) is 0 Å². The molecule has 6 heteroatoms. The first-order chi connectivity index (χ1) is 8.99. The predicted molar refractivity (Wildman–Crippen MR) is 81.0 cm³/mol. The van der Waals surface area contributed by atoms with Crippen LogP contribution in [0.5, 0.6) is 0 Å². The lowest BCUT2D eigenvalue weighted by molar-refractivity contribution is -0.112. The van der Waals surface area contributed by atoms with Gasteiger partial charge in [0, 0.05) is 11.4 Å². The van der Waals surface area contributed by atoms with E-state index in [9.17, 15) is 4.79 Å². The molecule has 4 nitrogen and oxygen atoms in total. The Kier molecular flexibility index (Phi) is 5.63. The van der Waals surface area contributed by atoms with Gasteiger partial charge in [0.25, 0.3) is 5.91 Å². The maximum absolute atomic E-state index is 11.1. The number of nitrogens with two attached hydrogens (primary N) is 1. The average Bonchev–Trinajstić information content (AvgIpc) is 2.74. The number of anilines is 1. The summed E-state index contributed by atoms with van der Waals surface area (Å²) in [6.45, 7) is 5.95. The van der Waals surface area contributed by atoms with Gasteiger partial charge in [-0.25, -0.2) is 0 Å². The molecule has 0 spiro atoms. The lowest BCUT2D eigenvalue weighted by Gasteiger charge is -2.21. The second-order valence-electron chi connectivity index (χ2n) is 3.90. The number of carbonyl (C=O) groups is 1. The smallest absolute Gasteiger partial charge is 0.264 e. The van der Waals surface area contributed by atoms with E-state index in [-0.39, 0.29) is 6.04 Å². The third-order valence-electron chi connectivity index (χ3n) is 2.58. The molecule has 0 aliphatic carbocycles. The first kappa shape index (κ1) is 15.8. The molecule has 1 unspecified atom stereocenters. The van der Waals surface area contributed by atoms with E-state index in [1.807, 2.05) is 20.8 Å². The normalized spacial score (nSPS) is 17.6. The summed E-state index contributed by atoms with van der Waals surface area (Å²) in [5.74, 6) is -0.496. The van der Waals surface area contributed by atoms with Crippen LogP contribution in [0.2, 0.25) is 10.0 Å². The quantitative estimate of drug-likeness (QED) is 0.909. The van der Waals surface area contributed by atoms with Gasteiger partial charge in [0.1, 0.15) is 5.71 Å². The summed E-state index contributed by atoms with van der Waals surface area (Å²) in [5.41, 5.74) is 6.30. The number of benzene rings is 1. The standard InChI is InChI=1S/C11H11Cl2N3O.C2H6/c1-6-4-9(11(14)17)15-16(6)10-3-2-7(12)5-8(10)13;1-2/h2-3,5-6H,4H2,1H3,(H2,14,17);1-2H3. The number of hydrogen-bond acceptors (Lipinski definition) is 3. The van der Waals surface area contributed by atoms with Gasteiger partial charge in [0.2, 0.25) is 0 Å². The largest absolute Gasteiger partial charge is 0.364 e. The van der Waals surface area contributed by atoms with Crippen molar-refractivity contribution in [2.45, 2.75) is 33.2 Å². The number of amides is 1. The van der Waals surface area contributed by atoms with Crippen LogP contribution in [0.4, 0.5) is 5.69 Å². The van der Waals surface area contributed by atoms with E-state index in [1.54, 1.807) is 23.2 Å². The Morgan fingerprint density at radius 2 is 2.05 bits per heavy atom. The lowest BCUT2D eigenvalue weighted by atomic mass is 10.1. The zero-order chi connectivity index (χ0) is 14.6. The van der Waals surface area contributed by atoms with Crippen LogP contribution in [-0.4, -0.2) is 17.7 Å². The molecule has 1 aliphatic rings. The highest BCUT2D eigenvalue weighted by molar-refractivity contribution is 6.39. The van der Waals surface area contributed by atoms with Gasteiger partial charge in [0.15, 0.2) is 0 Å². The highest BCUT2D eigenvalue weighted by Crippen LogP contribution is 2.33. The monoisotopic (exact) mass is 301 g/mol. The number of primary amides is 1. The minimum atomic E-state index is -0.496. The molecule has 0 saturated heterocycles. The van der Waals surface area contributed by atoms with Crippen molar-refractivity contribution in [3.05, 3.63) is 28.2 Å². The van der Waals surface area contributed by atoms with Crippen molar-refractivity contribution < 1.29 is 4.79 Å². The zero-order valence-corrected chi connectivity index (χ0v) is 12.7. The van der Waals surface area contributed by atoms with Gasteiger partial charge in [-0.15, -0.1) is 0 Å². The van der Waals surface area contributed by atoms with Crippen LogP contribution in [0.3, 0.4) is 0 Å². The molecule has 2 N–H and O–H groups in total. The zero-order valence-electron chi connectivity index (χ0n) is 11.2. The van der Waals surface area contributed by atoms with Gasteiger partial charge in [-0.1, -0.05) is 37.0 Å². The molecule has 0 fully saturated rings. The summed E-state index contributed by atoms with van der Waals surface area (Å²) >= 11 is 11.9. The Balaban J connectivity index is 0.000000861. The summed E-state index contributed by atoms with van der Waals surface area (Å²) in [7, 11) is 0. The number of hydrazone groups is 1. The van der Waals surface area contributed by atoms with Crippen molar-refractivity contribution in [3.63, 3.8) is 0 Å². The van der Waals surface area contributed by atoms with Crippen molar-refractivity contribution in [3.8, 4) is 0 Å². The fourth-order valence-electron chi connectivity index (χ4n) is 1.74. The fourth-order valence-corrected chi connectivity index (χ4v) is 2.24. The summed E-state index contributed by atoms with van der Waals surface area (Å²) < 4.78 is 0. The van der Waals surface area contributed by atoms with E-state index < -0.39 is 5.91 Å². The van der Waals surface area contributed by atoms with Crippen molar-refractivity contribution >= 4 is 40.5 Å².